The minimum atomic E-state index is -0.171. The van der Waals surface area contributed by atoms with E-state index in [1.807, 2.05) is 37.3 Å². The summed E-state index contributed by atoms with van der Waals surface area (Å²) >= 11 is 0. The number of urea groups is 1. The number of nitrogens with zero attached hydrogens (tertiary/aromatic N) is 3. The molecule has 1 atom stereocenters. The van der Waals surface area contributed by atoms with E-state index in [2.05, 4.69) is 27.4 Å². The van der Waals surface area contributed by atoms with Gasteiger partial charge in [0.15, 0.2) is 0 Å². The predicted molar refractivity (Wildman–Crippen MR) is 99.1 cm³/mol. The Balaban J connectivity index is 1.76. The van der Waals surface area contributed by atoms with E-state index in [0.717, 1.165) is 16.7 Å². The zero-order chi connectivity index (χ0) is 17.6. The molecule has 25 heavy (non-hydrogen) atoms. The van der Waals surface area contributed by atoms with Crippen molar-refractivity contribution in [2.75, 3.05) is 12.4 Å². The quantitative estimate of drug-likeness (QED) is 0.772. The van der Waals surface area contributed by atoms with Gasteiger partial charge in [0.2, 0.25) is 0 Å². The smallest absolute Gasteiger partial charge is 0.321 e. The Labute approximate surface area is 147 Å². The minimum absolute atomic E-state index is 0.0709. The molecule has 0 aliphatic rings. The molecule has 0 bridgehead atoms. The third-order valence-corrected chi connectivity index (χ3v) is 4.20. The average Bonchev–Trinajstić information content (AvgIpc) is 2.68. The average molecular weight is 332 g/mol. The number of hydrogen-bond acceptors (Lipinski definition) is 3. The summed E-state index contributed by atoms with van der Waals surface area (Å²) in [4.78, 5) is 22.2. The van der Waals surface area contributed by atoms with Crippen LogP contribution in [0.5, 0.6) is 0 Å². The Bertz CT molecular complexity index is 837. The van der Waals surface area contributed by atoms with Crippen molar-refractivity contribution in [3.05, 3.63) is 78.9 Å². The number of pyridine rings is 2. The summed E-state index contributed by atoms with van der Waals surface area (Å²) in [5.41, 5.74) is 3.95. The van der Waals surface area contributed by atoms with E-state index in [1.54, 1.807) is 42.8 Å². The van der Waals surface area contributed by atoms with E-state index in [9.17, 15) is 4.79 Å². The summed E-state index contributed by atoms with van der Waals surface area (Å²) in [6.07, 6.45) is 6.85. The van der Waals surface area contributed by atoms with Gasteiger partial charge in [-0.05, 0) is 53.9 Å². The van der Waals surface area contributed by atoms with Crippen LogP contribution in [0.25, 0.3) is 11.1 Å². The number of hydrogen-bond donors (Lipinski definition) is 1. The largest absolute Gasteiger partial charge is 0.322 e. The van der Waals surface area contributed by atoms with Crippen LogP contribution < -0.4 is 5.32 Å². The number of carbonyl (C=O) groups is 1. The second kappa shape index (κ2) is 7.57. The van der Waals surface area contributed by atoms with E-state index in [0.29, 0.717) is 5.69 Å². The molecule has 5 nitrogen and oxygen atoms in total. The molecule has 3 rings (SSSR count). The van der Waals surface area contributed by atoms with Crippen molar-refractivity contribution in [3.8, 4) is 11.1 Å². The first kappa shape index (κ1) is 16.6. The predicted octanol–water partition coefficient (Wildman–Crippen LogP) is 4.37. The fraction of sp³-hybridized carbons (Fsp3) is 0.150. The maximum atomic E-state index is 12.5. The summed E-state index contributed by atoms with van der Waals surface area (Å²) < 4.78 is 0. The highest BCUT2D eigenvalue weighted by atomic mass is 16.2. The second-order valence-corrected chi connectivity index (χ2v) is 5.82. The molecule has 1 aromatic carbocycles. The highest BCUT2D eigenvalue weighted by molar-refractivity contribution is 5.89. The van der Waals surface area contributed by atoms with Crippen molar-refractivity contribution in [2.45, 2.75) is 13.0 Å². The molecule has 0 radical (unpaired) electrons. The fourth-order valence-electron chi connectivity index (χ4n) is 2.57. The molecule has 2 amide bonds. The number of amides is 2. The minimum Gasteiger partial charge on any atom is -0.321 e. The van der Waals surface area contributed by atoms with E-state index >= 15 is 0 Å². The molecule has 0 fully saturated rings. The molecule has 0 aliphatic heterocycles. The lowest BCUT2D eigenvalue weighted by Crippen LogP contribution is -2.33. The molecule has 0 saturated carbocycles. The molecular formula is C20H20N4O. The SMILES string of the molecule is C[C@H](c1cccc(-c2ccncc2)c1)N(C)C(=O)Nc1cccnc1. The van der Waals surface area contributed by atoms with Crippen LogP contribution >= 0.6 is 0 Å². The highest BCUT2D eigenvalue weighted by Gasteiger charge is 2.18. The highest BCUT2D eigenvalue weighted by Crippen LogP contribution is 2.25. The summed E-state index contributed by atoms with van der Waals surface area (Å²) in [6.45, 7) is 2.01. The van der Waals surface area contributed by atoms with Crippen molar-refractivity contribution in [3.63, 3.8) is 0 Å². The molecule has 0 aliphatic carbocycles. The molecule has 0 spiro atoms. The molecule has 1 N–H and O–H groups in total. The first-order valence-electron chi connectivity index (χ1n) is 8.09. The Hall–Kier alpha value is -3.21. The van der Waals surface area contributed by atoms with Crippen LogP contribution in [-0.2, 0) is 0 Å². The summed E-state index contributed by atoms with van der Waals surface area (Å²) in [5, 5.41) is 2.85. The molecular weight excluding hydrogens is 312 g/mol. The van der Waals surface area contributed by atoms with Crippen molar-refractivity contribution in [1.82, 2.24) is 14.9 Å². The summed E-state index contributed by atoms with van der Waals surface area (Å²) in [7, 11) is 1.79. The third-order valence-electron chi connectivity index (χ3n) is 4.20. The number of benzene rings is 1. The van der Waals surface area contributed by atoms with Crippen LogP contribution in [-0.4, -0.2) is 27.9 Å². The Morgan fingerprint density at radius 1 is 1.00 bits per heavy atom. The van der Waals surface area contributed by atoms with Gasteiger partial charge < -0.3 is 10.2 Å². The standard InChI is InChI=1S/C20H20N4O/c1-15(24(2)20(25)23-19-7-4-10-22-14-19)17-5-3-6-18(13-17)16-8-11-21-12-9-16/h3-15H,1-2H3,(H,23,25)/t15-/m1/s1. The van der Waals surface area contributed by atoms with E-state index in [1.165, 1.54) is 0 Å². The normalized spacial score (nSPS) is 11.6. The lowest BCUT2D eigenvalue weighted by atomic mass is 10.0. The Morgan fingerprint density at radius 2 is 1.80 bits per heavy atom. The molecule has 5 heteroatoms. The lowest BCUT2D eigenvalue weighted by molar-refractivity contribution is 0.208. The molecule has 3 aromatic rings. The number of nitrogens with one attached hydrogen (secondary N) is 1. The van der Waals surface area contributed by atoms with Gasteiger partial charge in [-0.3, -0.25) is 9.97 Å². The fourth-order valence-corrected chi connectivity index (χ4v) is 2.57. The van der Waals surface area contributed by atoms with Crippen LogP contribution in [0.3, 0.4) is 0 Å². The number of aromatic nitrogens is 2. The molecule has 2 heterocycles. The van der Waals surface area contributed by atoms with E-state index in [-0.39, 0.29) is 12.1 Å². The number of rotatable bonds is 4. The van der Waals surface area contributed by atoms with Crippen LogP contribution in [0.4, 0.5) is 10.5 Å². The second-order valence-electron chi connectivity index (χ2n) is 5.82. The van der Waals surface area contributed by atoms with Gasteiger partial charge >= 0.3 is 6.03 Å². The van der Waals surface area contributed by atoms with Crippen LogP contribution in [0.1, 0.15) is 18.5 Å². The van der Waals surface area contributed by atoms with Gasteiger partial charge in [0.1, 0.15) is 0 Å². The Morgan fingerprint density at radius 3 is 2.52 bits per heavy atom. The number of carbonyl (C=O) groups excluding carboxylic acids is 1. The van der Waals surface area contributed by atoms with Gasteiger partial charge in [0, 0.05) is 25.6 Å². The van der Waals surface area contributed by atoms with Crippen LogP contribution in [0, 0.1) is 0 Å². The third kappa shape index (κ3) is 4.01. The molecule has 0 saturated heterocycles. The topological polar surface area (TPSA) is 58.1 Å². The monoisotopic (exact) mass is 332 g/mol. The summed E-state index contributed by atoms with van der Waals surface area (Å²) in [6, 6.07) is 15.5. The van der Waals surface area contributed by atoms with Crippen molar-refractivity contribution in [2.24, 2.45) is 0 Å². The maximum Gasteiger partial charge on any atom is 0.322 e. The van der Waals surface area contributed by atoms with E-state index in [4.69, 9.17) is 0 Å². The van der Waals surface area contributed by atoms with E-state index < -0.39 is 0 Å². The van der Waals surface area contributed by atoms with Crippen LogP contribution in [0.15, 0.2) is 73.3 Å². The first-order chi connectivity index (χ1) is 12.1. The molecule has 0 unspecified atom stereocenters. The van der Waals surface area contributed by atoms with Crippen molar-refractivity contribution < 1.29 is 4.79 Å². The first-order valence-corrected chi connectivity index (χ1v) is 8.09. The van der Waals surface area contributed by atoms with Gasteiger partial charge in [0.25, 0.3) is 0 Å². The number of anilines is 1. The van der Waals surface area contributed by atoms with Crippen molar-refractivity contribution >= 4 is 11.7 Å². The lowest BCUT2D eigenvalue weighted by Gasteiger charge is -2.26. The Kier molecular flexibility index (Phi) is 5.04. The maximum absolute atomic E-state index is 12.5. The van der Waals surface area contributed by atoms with Gasteiger partial charge in [-0.1, -0.05) is 18.2 Å². The van der Waals surface area contributed by atoms with Gasteiger partial charge in [-0.2, -0.15) is 0 Å². The zero-order valence-corrected chi connectivity index (χ0v) is 14.3. The molecule has 2 aromatic heterocycles. The van der Waals surface area contributed by atoms with Gasteiger partial charge in [-0.15, -0.1) is 0 Å². The van der Waals surface area contributed by atoms with Crippen LogP contribution in [0.2, 0.25) is 0 Å². The molecule has 126 valence electrons. The summed E-state index contributed by atoms with van der Waals surface area (Å²) in [5.74, 6) is 0. The van der Waals surface area contributed by atoms with Gasteiger partial charge in [-0.25, -0.2) is 4.79 Å². The zero-order valence-electron chi connectivity index (χ0n) is 14.3. The van der Waals surface area contributed by atoms with Gasteiger partial charge in [0.05, 0.1) is 17.9 Å². The van der Waals surface area contributed by atoms with Crippen molar-refractivity contribution in [1.29, 1.82) is 0 Å².